The molecule has 98 valence electrons. The number of nitrogens with two attached hydrogens (primary N) is 1. The minimum atomic E-state index is -3.11. The molecule has 0 bridgehead atoms. The van der Waals surface area contributed by atoms with Crippen LogP contribution in [0.3, 0.4) is 0 Å². The topological polar surface area (TPSA) is 89.3 Å². The van der Waals surface area contributed by atoms with Crippen LogP contribution in [-0.2, 0) is 14.6 Å². The van der Waals surface area contributed by atoms with Gasteiger partial charge in [0, 0.05) is 11.4 Å². The molecule has 0 aliphatic carbocycles. The molecule has 1 unspecified atom stereocenters. The monoisotopic (exact) mass is 272 g/mol. The maximum absolute atomic E-state index is 13.1. The first-order valence-corrected chi connectivity index (χ1v) is 7.25. The molecule has 1 aliphatic rings. The second kappa shape index (κ2) is 4.56. The van der Waals surface area contributed by atoms with Gasteiger partial charge in [0.25, 0.3) is 0 Å². The van der Waals surface area contributed by atoms with Gasteiger partial charge in [-0.25, -0.2) is 12.8 Å². The van der Waals surface area contributed by atoms with Crippen LogP contribution in [0.4, 0.5) is 15.8 Å². The Morgan fingerprint density at radius 3 is 2.67 bits per heavy atom. The third kappa shape index (κ3) is 2.98. The zero-order chi connectivity index (χ0) is 13.3. The largest absolute Gasteiger partial charge is 0.399 e. The van der Waals surface area contributed by atoms with Crippen LogP contribution in [0.5, 0.6) is 0 Å². The van der Waals surface area contributed by atoms with Gasteiger partial charge >= 0.3 is 0 Å². The maximum Gasteiger partial charge on any atom is 0.228 e. The van der Waals surface area contributed by atoms with E-state index in [0.29, 0.717) is 6.42 Å². The molecule has 1 heterocycles. The smallest absolute Gasteiger partial charge is 0.228 e. The highest BCUT2D eigenvalue weighted by Gasteiger charge is 2.32. The number of hydrogen-bond acceptors (Lipinski definition) is 4. The van der Waals surface area contributed by atoms with Gasteiger partial charge in [0.2, 0.25) is 5.91 Å². The summed E-state index contributed by atoms with van der Waals surface area (Å²) in [4.78, 5) is 11.8. The van der Waals surface area contributed by atoms with Crippen LogP contribution in [-0.4, -0.2) is 25.8 Å². The molecular weight excluding hydrogens is 259 g/mol. The molecule has 1 aromatic rings. The van der Waals surface area contributed by atoms with Gasteiger partial charge in [-0.1, -0.05) is 0 Å². The molecule has 0 radical (unpaired) electrons. The number of nitrogens with one attached hydrogen (secondary N) is 1. The number of sulfone groups is 1. The van der Waals surface area contributed by atoms with Crippen LogP contribution in [0.2, 0.25) is 0 Å². The molecule has 0 spiro atoms. The van der Waals surface area contributed by atoms with Crippen molar-refractivity contribution in [3.63, 3.8) is 0 Å². The van der Waals surface area contributed by atoms with E-state index in [1.807, 2.05) is 0 Å². The molecule has 7 heteroatoms. The third-order valence-electron chi connectivity index (χ3n) is 2.79. The number of carbonyl (C=O) groups excluding carboxylic acids is 1. The molecule has 2 rings (SSSR count). The van der Waals surface area contributed by atoms with E-state index in [4.69, 9.17) is 5.73 Å². The Labute approximate surface area is 104 Å². The normalized spacial score (nSPS) is 21.7. The fourth-order valence-electron chi connectivity index (χ4n) is 1.93. The first kappa shape index (κ1) is 12.8. The van der Waals surface area contributed by atoms with Crippen LogP contribution in [0.15, 0.2) is 18.2 Å². The number of halogens is 1. The molecule has 1 aliphatic heterocycles. The SMILES string of the molecule is Nc1cc(F)cc(NC(=O)C2CCS(=O)(=O)C2)c1. The summed E-state index contributed by atoms with van der Waals surface area (Å²) in [7, 11) is -3.11. The Kier molecular flexibility index (Phi) is 3.25. The van der Waals surface area contributed by atoms with Gasteiger partial charge < -0.3 is 11.1 Å². The van der Waals surface area contributed by atoms with Crippen molar-refractivity contribution in [3.8, 4) is 0 Å². The van der Waals surface area contributed by atoms with Gasteiger partial charge in [0.15, 0.2) is 9.84 Å². The first-order chi connectivity index (χ1) is 8.35. The van der Waals surface area contributed by atoms with Gasteiger partial charge in [-0.3, -0.25) is 4.79 Å². The van der Waals surface area contributed by atoms with Crippen molar-refractivity contribution in [2.24, 2.45) is 5.92 Å². The summed E-state index contributed by atoms with van der Waals surface area (Å²) >= 11 is 0. The number of nitrogen functional groups attached to an aromatic ring is 1. The van der Waals surface area contributed by atoms with Gasteiger partial charge in [-0.05, 0) is 24.6 Å². The number of amides is 1. The van der Waals surface area contributed by atoms with E-state index in [2.05, 4.69) is 5.32 Å². The third-order valence-corrected chi connectivity index (χ3v) is 4.56. The molecule has 5 nitrogen and oxygen atoms in total. The minimum Gasteiger partial charge on any atom is -0.399 e. The van der Waals surface area contributed by atoms with E-state index in [0.717, 1.165) is 12.1 Å². The summed E-state index contributed by atoms with van der Waals surface area (Å²) in [5, 5.41) is 2.48. The maximum atomic E-state index is 13.1. The van der Waals surface area contributed by atoms with Crippen molar-refractivity contribution in [2.45, 2.75) is 6.42 Å². The average molecular weight is 272 g/mol. The summed E-state index contributed by atoms with van der Waals surface area (Å²) < 4.78 is 35.5. The lowest BCUT2D eigenvalue weighted by atomic mass is 10.1. The highest BCUT2D eigenvalue weighted by Crippen LogP contribution is 2.21. The molecule has 1 aromatic carbocycles. The quantitative estimate of drug-likeness (QED) is 0.779. The fraction of sp³-hybridized carbons (Fsp3) is 0.364. The van der Waals surface area contributed by atoms with E-state index in [1.165, 1.54) is 6.07 Å². The van der Waals surface area contributed by atoms with Crippen molar-refractivity contribution in [1.29, 1.82) is 0 Å². The highest BCUT2D eigenvalue weighted by atomic mass is 32.2. The standard InChI is InChI=1S/C11H13FN2O3S/c12-8-3-9(13)5-10(4-8)14-11(15)7-1-2-18(16,17)6-7/h3-5,7H,1-2,6,13H2,(H,14,15). The molecule has 0 aromatic heterocycles. The van der Waals surface area contributed by atoms with Crippen molar-refractivity contribution < 1.29 is 17.6 Å². The summed E-state index contributed by atoms with van der Waals surface area (Å²) in [5.74, 6) is -1.66. The van der Waals surface area contributed by atoms with Gasteiger partial charge in [0.1, 0.15) is 5.82 Å². The number of anilines is 2. The zero-order valence-electron chi connectivity index (χ0n) is 9.52. The van der Waals surface area contributed by atoms with Crippen molar-refractivity contribution in [1.82, 2.24) is 0 Å². The Balaban J connectivity index is 2.08. The Bertz CT molecular complexity index is 566. The van der Waals surface area contributed by atoms with Crippen LogP contribution in [0.1, 0.15) is 6.42 Å². The van der Waals surface area contributed by atoms with E-state index < -0.39 is 27.5 Å². The average Bonchev–Trinajstić information content (AvgIpc) is 2.57. The van der Waals surface area contributed by atoms with Crippen molar-refractivity contribution in [3.05, 3.63) is 24.0 Å². The van der Waals surface area contributed by atoms with Crippen LogP contribution >= 0.6 is 0 Å². The summed E-state index contributed by atoms with van der Waals surface area (Å²) in [6.45, 7) is 0. The number of rotatable bonds is 2. The summed E-state index contributed by atoms with van der Waals surface area (Å²) in [6.07, 6.45) is 0.305. The fourth-order valence-corrected chi connectivity index (χ4v) is 3.67. The number of benzene rings is 1. The van der Waals surface area contributed by atoms with Gasteiger partial charge in [-0.2, -0.15) is 0 Å². The lowest BCUT2D eigenvalue weighted by molar-refractivity contribution is -0.119. The molecule has 1 fully saturated rings. The molecule has 1 saturated heterocycles. The van der Waals surface area contributed by atoms with Gasteiger partial charge in [-0.15, -0.1) is 0 Å². The lowest BCUT2D eigenvalue weighted by Gasteiger charge is -2.10. The predicted octanol–water partition coefficient (Wildman–Crippen LogP) is 0.781. The second-order valence-electron chi connectivity index (χ2n) is 4.36. The second-order valence-corrected chi connectivity index (χ2v) is 6.59. The first-order valence-electron chi connectivity index (χ1n) is 5.43. The Hall–Kier alpha value is -1.63. The van der Waals surface area contributed by atoms with E-state index in [9.17, 15) is 17.6 Å². The summed E-state index contributed by atoms with van der Waals surface area (Å²) in [6, 6.07) is 3.69. The number of hydrogen-bond donors (Lipinski definition) is 2. The number of carbonyl (C=O) groups is 1. The zero-order valence-corrected chi connectivity index (χ0v) is 10.3. The molecule has 1 amide bonds. The van der Waals surface area contributed by atoms with Crippen LogP contribution in [0.25, 0.3) is 0 Å². The molecular formula is C11H13FN2O3S. The van der Waals surface area contributed by atoms with E-state index in [1.54, 1.807) is 0 Å². The lowest BCUT2D eigenvalue weighted by Crippen LogP contribution is -2.23. The van der Waals surface area contributed by atoms with Crippen molar-refractivity contribution in [2.75, 3.05) is 22.6 Å². The molecule has 0 saturated carbocycles. The summed E-state index contributed by atoms with van der Waals surface area (Å²) in [5.41, 5.74) is 5.88. The van der Waals surface area contributed by atoms with E-state index >= 15 is 0 Å². The Morgan fingerprint density at radius 2 is 2.11 bits per heavy atom. The predicted molar refractivity (Wildman–Crippen MR) is 66.2 cm³/mol. The van der Waals surface area contributed by atoms with Crippen LogP contribution < -0.4 is 11.1 Å². The van der Waals surface area contributed by atoms with Crippen molar-refractivity contribution >= 4 is 27.1 Å². The minimum absolute atomic E-state index is 0.0242. The molecule has 18 heavy (non-hydrogen) atoms. The molecule has 1 atom stereocenters. The van der Waals surface area contributed by atoms with Crippen LogP contribution in [0, 0.1) is 11.7 Å². The highest BCUT2D eigenvalue weighted by molar-refractivity contribution is 7.91. The Morgan fingerprint density at radius 1 is 1.39 bits per heavy atom. The molecule has 3 N–H and O–H groups in total. The van der Waals surface area contributed by atoms with E-state index in [-0.39, 0.29) is 22.9 Å². The van der Waals surface area contributed by atoms with Gasteiger partial charge in [0.05, 0.1) is 17.4 Å².